The minimum absolute atomic E-state index is 0.0640. The summed E-state index contributed by atoms with van der Waals surface area (Å²) >= 11 is 0. The standard InChI is InChI=1S/C22H28N4O2/c1-22(2,3)14-7-9-15(10-8-14)24-21(28)19-25-18(20(27)23-16-11-12-16)17-6-4-5-13-26(17)19/h7-10,16H,4-6,11-13H2,1-3H3,(H,23,27)(H,24,28). The predicted octanol–water partition coefficient (Wildman–Crippen LogP) is 3.66. The topological polar surface area (TPSA) is 76.0 Å². The van der Waals surface area contributed by atoms with Crippen molar-refractivity contribution in [3.63, 3.8) is 0 Å². The van der Waals surface area contributed by atoms with Crippen LogP contribution in [-0.2, 0) is 18.4 Å². The molecule has 0 spiro atoms. The van der Waals surface area contributed by atoms with E-state index in [1.165, 1.54) is 5.56 Å². The SMILES string of the molecule is CC(C)(C)c1ccc(NC(=O)c2nc(C(=O)NC3CC3)c3n2CCCC3)cc1. The Labute approximate surface area is 165 Å². The minimum atomic E-state index is -0.267. The molecule has 0 radical (unpaired) electrons. The zero-order valence-electron chi connectivity index (χ0n) is 16.8. The van der Waals surface area contributed by atoms with E-state index < -0.39 is 0 Å². The number of benzene rings is 1. The summed E-state index contributed by atoms with van der Waals surface area (Å²) in [5.74, 6) is -0.0885. The van der Waals surface area contributed by atoms with Crippen molar-refractivity contribution in [1.82, 2.24) is 14.9 Å². The summed E-state index contributed by atoms with van der Waals surface area (Å²) < 4.78 is 1.92. The maximum atomic E-state index is 12.9. The van der Waals surface area contributed by atoms with Crippen LogP contribution < -0.4 is 10.6 Å². The number of hydrogen-bond acceptors (Lipinski definition) is 3. The smallest absolute Gasteiger partial charge is 0.291 e. The number of carbonyl (C=O) groups excluding carboxylic acids is 2. The molecule has 0 bridgehead atoms. The molecule has 6 nitrogen and oxygen atoms in total. The summed E-state index contributed by atoms with van der Waals surface area (Å²) in [5.41, 5.74) is 3.31. The van der Waals surface area contributed by atoms with Crippen molar-refractivity contribution in [2.45, 2.75) is 70.9 Å². The zero-order valence-corrected chi connectivity index (χ0v) is 16.8. The van der Waals surface area contributed by atoms with Gasteiger partial charge in [0.05, 0.1) is 5.69 Å². The third-order valence-electron chi connectivity index (χ3n) is 5.46. The van der Waals surface area contributed by atoms with Gasteiger partial charge in [-0.2, -0.15) is 0 Å². The highest BCUT2D eigenvalue weighted by Gasteiger charge is 2.30. The predicted molar refractivity (Wildman–Crippen MR) is 109 cm³/mol. The fourth-order valence-electron chi connectivity index (χ4n) is 3.62. The van der Waals surface area contributed by atoms with Gasteiger partial charge in [0.1, 0.15) is 5.69 Å². The van der Waals surface area contributed by atoms with Crippen LogP contribution in [-0.4, -0.2) is 27.4 Å². The minimum Gasteiger partial charge on any atom is -0.348 e. The van der Waals surface area contributed by atoms with E-state index in [-0.39, 0.29) is 23.3 Å². The van der Waals surface area contributed by atoms with Crippen LogP contribution in [0.2, 0.25) is 0 Å². The lowest BCUT2D eigenvalue weighted by atomic mass is 9.87. The van der Waals surface area contributed by atoms with E-state index in [1.54, 1.807) is 0 Å². The van der Waals surface area contributed by atoms with E-state index >= 15 is 0 Å². The molecule has 0 saturated heterocycles. The molecule has 148 valence electrons. The Morgan fingerprint density at radius 3 is 2.43 bits per heavy atom. The van der Waals surface area contributed by atoms with Gasteiger partial charge < -0.3 is 15.2 Å². The van der Waals surface area contributed by atoms with E-state index in [4.69, 9.17) is 0 Å². The summed E-state index contributed by atoms with van der Waals surface area (Å²) in [6.07, 6.45) is 4.85. The summed E-state index contributed by atoms with van der Waals surface area (Å²) in [6, 6.07) is 8.17. The van der Waals surface area contributed by atoms with Crippen LogP contribution in [0.5, 0.6) is 0 Å². The maximum Gasteiger partial charge on any atom is 0.291 e. The first-order valence-electron chi connectivity index (χ1n) is 10.1. The van der Waals surface area contributed by atoms with E-state index in [0.29, 0.717) is 11.5 Å². The zero-order chi connectivity index (χ0) is 19.9. The molecular formula is C22H28N4O2. The van der Waals surface area contributed by atoms with Crippen LogP contribution in [0.4, 0.5) is 5.69 Å². The molecule has 1 aromatic carbocycles. The summed E-state index contributed by atoms with van der Waals surface area (Å²) in [4.78, 5) is 30.0. The number of aromatic nitrogens is 2. The molecule has 4 rings (SSSR count). The number of carbonyl (C=O) groups is 2. The van der Waals surface area contributed by atoms with Gasteiger partial charge >= 0.3 is 0 Å². The van der Waals surface area contributed by atoms with Gasteiger partial charge in [0.15, 0.2) is 5.82 Å². The van der Waals surface area contributed by atoms with Crippen molar-refractivity contribution >= 4 is 17.5 Å². The van der Waals surface area contributed by atoms with Gasteiger partial charge in [-0.1, -0.05) is 32.9 Å². The van der Waals surface area contributed by atoms with Gasteiger partial charge in [-0.05, 0) is 55.2 Å². The Hall–Kier alpha value is -2.63. The maximum absolute atomic E-state index is 12.9. The molecule has 0 unspecified atom stereocenters. The highest BCUT2D eigenvalue weighted by atomic mass is 16.2. The first kappa shape index (κ1) is 18.7. The number of nitrogens with zero attached hydrogens (tertiary/aromatic N) is 2. The van der Waals surface area contributed by atoms with Crippen molar-refractivity contribution in [1.29, 1.82) is 0 Å². The number of imidazole rings is 1. The summed E-state index contributed by atoms with van der Waals surface area (Å²) in [7, 11) is 0. The molecule has 1 aliphatic heterocycles. The molecule has 1 fully saturated rings. The van der Waals surface area contributed by atoms with Crippen molar-refractivity contribution in [3.8, 4) is 0 Å². The number of rotatable bonds is 4. The van der Waals surface area contributed by atoms with Gasteiger partial charge in [-0.15, -0.1) is 0 Å². The first-order valence-corrected chi connectivity index (χ1v) is 10.1. The monoisotopic (exact) mass is 380 g/mol. The fourth-order valence-corrected chi connectivity index (χ4v) is 3.62. The molecule has 2 N–H and O–H groups in total. The average molecular weight is 380 g/mol. The lowest BCUT2D eigenvalue weighted by Crippen LogP contribution is -2.27. The van der Waals surface area contributed by atoms with Crippen molar-refractivity contribution in [2.75, 3.05) is 5.32 Å². The lowest BCUT2D eigenvalue weighted by Gasteiger charge is -2.19. The Morgan fingerprint density at radius 1 is 1.07 bits per heavy atom. The van der Waals surface area contributed by atoms with Gasteiger partial charge in [-0.25, -0.2) is 4.98 Å². The highest BCUT2D eigenvalue weighted by Crippen LogP contribution is 2.26. The second kappa shape index (κ2) is 7.08. The van der Waals surface area contributed by atoms with Crippen molar-refractivity contribution < 1.29 is 9.59 Å². The molecule has 28 heavy (non-hydrogen) atoms. The Balaban J connectivity index is 1.56. The first-order chi connectivity index (χ1) is 13.3. The second-order valence-corrected chi connectivity index (χ2v) is 8.87. The number of hydrogen-bond donors (Lipinski definition) is 2. The van der Waals surface area contributed by atoms with E-state index in [9.17, 15) is 9.59 Å². The Morgan fingerprint density at radius 2 is 1.79 bits per heavy atom. The molecule has 1 aliphatic carbocycles. The molecule has 2 heterocycles. The van der Waals surface area contributed by atoms with Gasteiger partial charge in [0.25, 0.3) is 11.8 Å². The van der Waals surface area contributed by atoms with Crippen molar-refractivity contribution in [2.24, 2.45) is 0 Å². The molecule has 2 aliphatic rings. The highest BCUT2D eigenvalue weighted by molar-refractivity contribution is 6.03. The molecule has 0 atom stereocenters. The molecule has 1 aromatic heterocycles. The Bertz CT molecular complexity index is 902. The second-order valence-electron chi connectivity index (χ2n) is 8.87. The van der Waals surface area contributed by atoms with Crippen LogP contribution in [0.15, 0.2) is 24.3 Å². The van der Waals surface area contributed by atoms with E-state index in [0.717, 1.165) is 50.0 Å². The number of amides is 2. The third-order valence-corrected chi connectivity index (χ3v) is 5.46. The third kappa shape index (κ3) is 3.81. The van der Waals surface area contributed by atoms with Gasteiger partial charge in [0, 0.05) is 18.3 Å². The van der Waals surface area contributed by atoms with Gasteiger partial charge in [0.2, 0.25) is 0 Å². The molecule has 2 aromatic rings. The fraction of sp³-hybridized carbons (Fsp3) is 0.500. The van der Waals surface area contributed by atoms with E-state index in [1.807, 2.05) is 28.8 Å². The van der Waals surface area contributed by atoms with E-state index in [2.05, 4.69) is 36.4 Å². The summed E-state index contributed by atoms with van der Waals surface area (Å²) in [5, 5.41) is 5.93. The molecule has 1 saturated carbocycles. The van der Waals surface area contributed by atoms with Crippen LogP contribution in [0, 0.1) is 0 Å². The number of anilines is 1. The Kier molecular flexibility index (Phi) is 4.73. The van der Waals surface area contributed by atoms with Crippen molar-refractivity contribution in [3.05, 3.63) is 47.0 Å². The molecule has 2 amide bonds. The van der Waals surface area contributed by atoms with Crippen LogP contribution >= 0.6 is 0 Å². The van der Waals surface area contributed by atoms with Crippen LogP contribution in [0.25, 0.3) is 0 Å². The quantitative estimate of drug-likeness (QED) is 0.850. The van der Waals surface area contributed by atoms with Crippen LogP contribution in [0.3, 0.4) is 0 Å². The number of fused-ring (bicyclic) bond motifs is 1. The van der Waals surface area contributed by atoms with Crippen LogP contribution in [0.1, 0.15) is 78.8 Å². The normalized spacial score (nSPS) is 16.4. The van der Waals surface area contributed by atoms with Gasteiger partial charge in [-0.3, -0.25) is 9.59 Å². The molecular weight excluding hydrogens is 352 g/mol. The largest absolute Gasteiger partial charge is 0.348 e. The summed E-state index contributed by atoms with van der Waals surface area (Å²) in [6.45, 7) is 7.20. The molecule has 6 heteroatoms. The lowest BCUT2D eigenvalue weighted by molar-refractivity contribution is 0.0945. The number of nitrogens with one attached hydrogen (secondary N) is 2. The average Bonchev–Trinajstić information content (AvgIpc) is 3.38.